The van der Waals surface area contributed by atoms with Crippen LogP contribution in [0.15, 0.2) is 95.9 Å². The lowest BCUT2D eigenvalue weighted by atomic mass is 9.49. The summed E-state index contributed by atoms with van der Waals surface area (Å²) in [5.74, 6) is 1.50. The van der Waals surface area contributed by atoms with Crippen LogP contribution in [-0.2, 0) is 27.9 Å². The summed E-state index contributed by atoms with van der Waals surface area (Å²) < 4.78 is 37.0. The molecule has 336 valence electrons. The third-order valence-corrected chi connectivity index (χ3v) is 13.5. The largest absolute Gasteiger partial charge is 0.494 e. The minimum Gasteiger partial charge on any atom is -0.423 e. The molecule has 3 saturated heterocycles. The number of hydrogen-bond donors (Lipinski definition) is 5. The van der Waals surface area contributed by atoms with Gasteiger partial charge < -0.3 is 55.2 Å². The van der Waals surface area contributed by atoms with E-state index in [1.165, 1.54) is 0 Å². The smallest absolute Gasteiger partial charge is 0.423 e. The molecule has 3 aromatic carbocycles. The predicted molar refractivity (Wildman–Crippen MR) is 264 cm³/mol. The Bertz CT molecular complexity index is 2550. The molecule has 0 radical (unpaired) electrons. The number of pyridine rings is 3. The van der Waals surface area contributed by atoms with Gasteiger partial charge in [0.2, 0.25) is 0 Å². The van der Waals surface area contributed by atoms with Crippen molar-refractivity contribution in [2.75, 3.05) is 17.2 Å². The summed E-state index contributed by atoms with van der Waals surface area (Å²) >= 11 is 3.38. The van der Waals surface area contributed by atoms with Crippen LogP contribution in [0.5, 0.6) is 0 Å². The lowest BCUT2D eigenvalue weighted by molar-refractivity contribution is 0.00578. The van der Waals surface area contributed by atoms with Crippen LogP contribution >= 0.6 is 15.9 Å². The molecule has 6 aromatic rings. The van der Waals surface area contributed by atoms with Crippen LogP contribution in [0.3, 0.4) is 0 Å². The van der Waals surface area contributed by atoms with Gasteiger partial charge in [0, 0.05) is 39.2 Å². The summed E-state index contributed by atoms with van der Waals surface area (Å²) in [7, 11) is -2.80. The Hall–Kier alpha value is -4.29. The van der Waals surface area contributed by atoms with Crippen molar-refractivity contribution in [2.45, 2.75) is 117 Å². The maximum atomic E-state index is 8.97. The second-order valence-corrected chi connectivity index (χ2v) is 20.0. The van der Waals surface area contributed by atoms with Gasteiger partial charge in [-0.25, -0.2) is 15.0 Å². The Balaban J connectivity index is 0.000000144. The highest BCUT2D eigenvalue weighted by Gasteiger charge is 2.63. The quantitative estimate of drug-likeness (QED) is 0.121. The van der Waals surface area contributed by atoms with Gasteiger partial charge in [-0.15, -0.1) is 0 Å². The Morgan fingerprint density at radius 3 is 1.22 bits per heavy atom. The number of nitrogens with zero attached hydrogens (tertiary/aromatic N) is 3. The monoisotopic (exact) mass is 934 g/mol. The SMILES string of the molecule is CC1(C)OB(B2OC(C)(C)C(C)(C)O2)OC1(C)C.CC1(C)OB(c2ccc3ccnc(N)c3c2)OC1(C)C.Nc1nccc2ccc(B(O)O)cc12.Nc1nccc2ccc(Br)cc12. The fraction of sp³-hybridized carbons (Fsp3) is 0.400. The molecule has 64 heavy (non-hydrogen) atoms. The number of anilines is 3. The molecule has 9 rings (SSSR count). The topological polar surface area (TPSA) is 213 Å². The lowest BCUT2D eigenvalue weighted by Crippen LogP contribution is -2.41. The van der Waals surface area contributed by atoms with E-state index in [9.17, 15) is 0 Å². The van der Waals surface area contributed by atoms with E-state index >= 15 is 0 Å². The molecule has 3 aliphatic rings. The Labute approximate surface area is 386 Å². The van der Waals surface area contributed by atoms with Crippen molar-refractivity contribution in [2.24, 2.45) is 0 Å². The fourth-order valence-electron chi connectivity index (χ4n) is 6.87. The maximum Gasteiger partial charge on any atom is 0.494 e. The van der Waals surface area contributed by atoms with Crippen LogP contribution in [0.4, 0.5) is 17.5 Å². The van der Waals surface area contributed by atoms with Gasteiger partial charge in [0.25, 0.3) is 0 Å². The molecule has 3 aromatic heterocycles. The number of benzene rings is 3. The third-order valence-electron chi connectivity index (χ3n) is 13.0. The maximum absolute atomic E-state index is 8.97. The normalized spacial score (nSPS) is 19.6. The highest BCUT2D eigenvalue weighted by Crippen LogP contribution is 2.43. The van der Waals surface area contributed by atoms with E-state index in [0.717, 1.165) is 42.3 Å². The summed E-state index contributed by atoms with van der Waals surface area (Å²) in [5.41, 5.74) is 16.5. The van der Waals surface area contributed by atoms with Gasteiger partial charge >= 0.3 is 28.3 Å². The van der Waals surface area contributed by atoms with Crippen LogP contribution in [-0.4, -0.2) is 86.9 Å². The van der Waals surface area contributed by atoms with Crippen molar-refractivity contribution in [1.82, 2.24) is 15.0 Å². The first-order chi connectivity index (χ1) is 29.6. The first-order valence-electron chi connectivity index (χ1n) is 21.1. The number of nitrogen functional groups attached to an aromatic ring is 3. The molecule has 0 bridgehead atoms. The highest BCUT2D eigenvalue weighted by atomic mass is 79.9. The van der Waals surface area contributed by atoms with Gasteiger partial charge in [-0.05, 0) is 141 Å². The number of rotatable bonds is 3. The first-order valence-corrected chi connectivity index (χ1v) is 21.9. The lowest BCUT2D eigenvalue weighted by Gasteiger charge is -2.32. The van der Waals surface area contributed by atoms with Crippen molar-refractivity contribution in [3.63, 3.8) is 0 Å². The Morgan fingerprint density at radius 2 is 0.812 bits per heavy atom. The zero-order chi connectivity index (χ0) is 47.2. The third kappa shape index (κ3) is 10.4. The summed E-state index contributed by atoms with van der Waals surface area (Å²) in [4.78, 5) is 12.1. The predicted octanol–water partition coefficient (Wildman–Crippen LogP) is 6.44. The van der Waals surface area contributed by atoms with E-state index in [2.05, 4.69) is 30.9 Å². The van der Waals surface area contributed by atoms with Crippen molar-refractivity contribution >= 4 is 105 Å². The van der Waals surface area contributed by atoms with E-state index in [0.29, 0.717) is 22.9 Å². The summed E-state index contributed by atoms with van der Waals surface area (Å²) in [6.07, 6.45) is 5.05. The standard InChI is InChI=1S/C15H19BN2O2.C12H24B2O4.C9H9BN2O2.C9H7BrN2/c1-14(2)15(3,4)20-16(19-14)11-6-5-10-7-8-18-13(17)12(10)9-11;1-9(2)10(3,4)16-13(15-9)14-17-11(5,6)12(7,8)18-14;11-9-8-5-7(10(13)14)2-1-6(8)3-4-12-9;10-7-2-1-6-3-4-12-9(11)8(6)5-7/h5-9H,1-4H3,(H2,17,18);1-8H3;1-5,13-14H,(H2,11,12);1-5H,(H2,11,12). The van der Waals surface area contributed by atoms with Crippen LogP contribution in [0.1, 0.15) is 83.1 Å². The molecule has 0 atom stereocenters. The van der Waals surface area contributed by atoms with Gasteiger partial charge in [-0.3, -0.25) is 0 Å². The van der Waals surface area contributed by atoms with E-state index in [1.54, 1.807) is 36.8 Å². The molecule has 0 saturated carbocycles. The molecular formula is C45H59B4BrN6O8. The number of nitrogens with two attached hydrogens (primary N) is 3. The zero-order valence-electron chi connectivity index (χ0n) is 38.8. The van der Waals surface area contributed by atoms with E-state index < -0.39 is 21.1 Å². The molecule has 0 amide bonds. The average Bonchev–Trinajstić information content (AvgIpc) is 3.68. The zero-order valence-corrected chi connectivity index (χ0v) is 40.4. The minimum absolute atomic E-state index is 0.340. The minimum atomic E-state index is -1.47. The van der Waals surface area contributed by atoms with E-state index in [4.69, 9.17) is 55.2 Å². The number of aromatic nitrogens is 3. The molecule has 6 heterocycles. The second-order valence-electron chi connectivity index (χ2n) is 19.1. The Morgan fingerprint density at radius 1 is 0.469 bits per heavy atom. The molecular weight excluding hydrogens is 876 g/mol. The molecule has 19 heteroatoms. The number of halogens is 1. The van der Waals surface area contributed by atoms with Crippen LogP contribution in [0.25, 0.3) is 32.3 Å². The molecule has 3 aliphatic heterocycles. The summed E-state index contributed by atoms with van der Waals surface area (Å²) in [6.45, 7) is 24.4. The molecule has 3 fully saturated rings. The van der Waals surface area contributed by atoms with Crippen molar-refractivity contribution in [3.8, 4) is 0 Å². The number of hydrogen-bond acceptors (Lipinski definition) is 14. The average molecular weight is 935 g/mol. The molecule has 0 spiro atoms. The van der Waals surface area contributed by atoms with Crippen LogP contribution in [0, 0.1) is 0 Å². The molecule has 0 aliphatic carbocycles. The van der Waals surface area contributed by atoms with Gasteiger partial charge in [-0.2, -0.15) is 0 Å². The summed E-state index contributed by atoms with van der Waals surface area (Å²) in [6, 6.07) is 22.8. The fourth-order valence-corrected chi connectivity index (χ4v) is 7.23. The van der Waals surface area contributed by atoms with Crippen LogP contribution < -0.4 is 28.1 Å². The van der Waals surface area contributed by atoms with E-state index in [-0.39, 0.29) is 40.7 Å². The van der Waals surface area contributed by atoms with Crippen LogP contribution in [0.2, 0.25) is 0 Å². The van der Waals surface area contributed by atoms with Crippen molar-refractivity contribution in [3.05, 3.63) is 95.9 Å². The Kier molecular flexibility index (Phi) is 14.0. The summed E-state index contributed by atoms with van der Waals surface area (Å²) in [5, 5.41) is 23.7. The molecule has 8 N–H and O–H groups in total. The van der Waals surface area contributed by atoms with Gasteiger partial charge in [-0.1, -0.05) is 58.4 Å². The molecule has 14 nitrogen and oxygen atoms in total. The van der Waals surface area contributed by atoms with E-state index in [1.807, 2.05) is 138 Å². The van der Waals surface area contributed by atoms with Crippen molar-refractivity contribution in [1.29, 1.82) is 0 Å². The molecule has 0 unspecified atom stereocenters. The second kappa shape index (κ2) is 18.2. The van der Waals surface area contributed by atoms with Gasteiger partial charge in [0.15, 0.2) is 0 Å². The highest BCUT2D eigenvalue weighted by molar-refractivity contribution is 9.10. The van der Waals surface area contributed by atoms with Gasteiger partial charge in [0.1, 0.15) is 17.5 Å². The van der Waals surface area contributed by atoms with Crippen molar-refractivity contribution < 1.29 is 38.0 Å². The number of fused-ring (bicyclic) bond motifs is 3. The first kappa shape index (κ1) is 49.2. The van der Waals surface area contributed by atoms with Gasteiger partial charge in [0.05, 0.1) is 33.6 Å².